The molecule has 1 amide bonds. The van der Waals surface area contributed by atoms with Gasteiger partial charge in [0.2, 0.25) is 5.91 Å². The van der Waals surface area contributed by atoms with E-state index in [1.165, 1.54) is 0 Å². The van der Waals surface area contributed by atoms with Crippen molar-refractivity contribution in [2.24, 2.45) is 5.41 Å². The van der Waals surface area contributed by atoms with E-state index in [1.807, 2.05) is 24.4 Å². The quantitative estimate of drug-likeness (QED) is 0.853. The van der Waals surface area contributed by atoms with E-state index >= 15 is 0 Å². The number of amides is 1. The molecule has 1 unspecified atom stereocenters. The highest BCUT2D eigenvalue weighted by Crippen LogP contribution is 2.45. The zero-order valence-corrected chi connectivity index (χ0v) is 15.3. The highest BCUT2D eigenvalue weighted by atomic mass is 16.2. The summed E-state index contributed by atoms with van der Waals surface area (Å²) in [6, 6.07) is 10.3. The van der Waals surface area contributed by atoms with Crippen molar-refractivity contribution in [3.05, 3.63) is 54.5 Å². The summed E-state index contributed by atoms with van der Waals surface area (Å²) in [5.41, 5.74) is 1.37. The number of hydrogen-bond acceptors (Lipinski definition) is 4. The van der Waals surface area contributed by atoms with Crippen molar-refractivity contribution in [3.8, 4) is 0 Å². The molecule has 1 aromatic carbocycles. The second-order valence-electron chi connectivity index (χ2n) is 7.57. The Morgan fingerprint density at radius 1 is 1.15 bits per heavy atom. The van der Waals surface area contributed by atoms with Crippen LogP contribution in [-0.2, 0) is 4.79 Å². The van der Waals surface area contributed by atoms with Gasteiger partial charge >= 0.3 is 0 Å². The van der Waals surface area contributed by atoms with Crippen molar-refractivity contribution >= 4 is 11.7 Å². The molecule has 5 heteroatoms. The summed E-state index contributed by atoms with van der Waals surface area (Å²) in [7, 11) is 0. The highest BCUT2D eigenvalue weighted by Gasteiger charge is 2.45. The number of likely N-dealkylation sites (N-methyl/N-ethyl adjacent to an activating group) is 1. The van der Waals surface area contributed by atoms with Crippen LogP contribution in [0.5, 0.6) is 0 Å². The van der Waals surface area contributed by atoms with Crippen molar-refractivity contribution < 1.29 is 4.79 Å². The summed E-state index contributed by atoms with van der Waals surface area (Å²) in [5, 5.41) is 0. The van der Waals surface area contributed by atoms with E-state index < -0.39 is 0 Å². The monoisotopic (exact) mass is 350 g/mol. The Labute approximate surface area is 155 Å². The second kappa shape index (κ2) is 7.06. The van der Waals surface area contributed by atoms with Crippen LogP contribution in [-0.4, -0.2) is 47.0 Å². The summed E-state index contributed by atoms with van der Waals surface area (Å²) in [6.45, 7) is 5.73. The molecule has 0 saturated carbocycles. The molecule has 2 aromatic rings. The lowest BCUT2D eigenvalue weighted by Crippen LogP contribution is -2.54. The van der Waals surface area contributed by atoms with Gasteiger partial charge in [-0.3, -0.25) is 9.78 Å². The molecule has 2 aliphatic heterocycles. The lowest BCUT2D eigenvalue weighted by molar-refractivity contribution is -0.140. The number of hydrogen-bond donors (Lipinski definition) is 0. The Morgan fingerprint density at radius 3 is 2.58 bits per heavy atom. The van der Waals surface area contributed by atoms with E-state index in [1.54, 1.807) is 12.4 Å². The van der Waals surface area contributed by atoms with E-state index in [0.717, 1.165) is 56.8 Å². The topological polar surface area (TPSA) is 49.3 Å². The van der Waals surface area contributed by atoms with Gasteiger partial charge in [-0.2, -0.15) is 0 Å². The maximum Gasteiger partial charge on any atom is 0.230 e. The normalized spacial score (nSPS) is 22.7. The number of carbonyl (C=O) groups is 1. The fourth-order valence-corrected chi connectivity index (χ4v) is 4.53. The van der Waals surface area contributed by atoms with Crippen LogP contribution in [0.15, 0.2) is 48.9 Å². The minimum absolute atomic E-state index is 0.00651. The molecule has 2 saturated heterocycles. The SMILES string of the molecule is CCN1CC2(CCN(c3cnccn3)CC2)CC(c2ccccc2)C1=O. The molecule has 0 radical (unpaired) electrons. The molecule has 4 rings (SSSR count). The maximum atomic E-state index is 13.0. The van der Waals surface area contributed by atoms with E-state index in [0.29, 0.717) is 5.91 Å². The predicted octanol–water partition coefficient (Wildman–Crippen LogP) is 3.10. The molecule has 1 spiro atoms. The third-order valence-electron chi connectivity index (χ3n) is 6.05. The summed E-state index contributed by atoms with van der Waals surface area (Å²) in [4.78, 5) is 26.0. The molecule has 2 aliphatic rings. The Balaban J connectivity index is 1.54. The summed E-state index contributed by atoms with van der Waals surface area (Å²) in [6.07, 6.45) is 8.45. The Bertz CT molecular complexity index is 741. The Kier molecular flexibility index (Phi) is 4.62. The van der Waals surface area contributed by atoms with Gasteiger partial charge in [-0.15, -0.1) is 0 Å². The molecule has 26 heavy (non-hydrogen) atoms. The molecule has 136 valence electrons. The number of piperidine rings is 2. The van der Waals surface area contributed by atoms with Crippen LogP contribution in [0.1, 0.15) is 37.7 Å². The van der Waals surface area contributed by atoms with Gasteiger partial charge in [0.1, 0.15) is 5.82 Å². The first-order chi connectivity index (χ1) is 12.7. The zero-order chi connectivity index (χ0) is 18.0. The second-order valence-corrected chi connectivity index (χ2v) is 7.57. The number of likely N-dealkylation sites (tertiary alicyclic amines) is 1. The first-order valence-corrected chi connectivity index (χ1v) is 9.55. The van der Waals surface area contributed by atoms with Crippen LogP contribution in [0.4, 0.5) is 5.82 Å². The molecule has 3 heterocycles. The minimum atomic E-state index is -0.00651. The third-order valence-corrected chi connectivity index (χ3v) is 6.05. The lowest BCUT2D eigenvalue weighted by atomic mass is 9.67. The van der Waals surface area contributed by atoms with E-state index in [2.05, 4.69) is 38.8 Å². The molecule has 5 nitrogen and oxygen atoms in total. The average Bonchev–Trinajstić information content (AvgIpc) is 2.71. The number of carbonyl (C=O) groups excluding carboxylic acids is 1. The van der Waals surface area contributed by atoms with Crippen molar-refractivity contribution in [3.63, 3.8) is 0 Å². The van der Waals surface area contributed by atoms with Crippen molar-refractivity contribution in [2.75, 3.05) is 31.1 Å². The average molecular weight is 350 g/mol. The Morgan fingerprint density at radius 2 is 1.92 bits per heavy atom. The first-order valence-electron chi connectivity index (χ1n) is 9.55. The van der Waals surface area contributed by atoms with Gasteiger partial charge in [0.15, 0.2) is 0 Å². The molecule has 2 fully saturated rings. The molecule has 0 aliphatic carbocycles. The van der Waals surface area contributed by atoms with Crippen molar-refractivity contribution in [1.29, 1.82) is 0 Å². The summed E-state index contributed by atoms with van der Waals surface area (Å²) < 4.78 is 0. The van der Waals surface area contributed by atoms with Gasteiger partial charge in [-0.05, 0) is 37.2 Å². The molecule has 1 atom stereocenters. The van der Waals surface area contributed by atoms with Gasteiger partial charge in [-0.25, -0.2) is 4.98 Å². The molecule has 0 N–H and O–H groups in total. The third kappa shape index (κ3) is 3.18. The molecular formula is C21H26N4O. The van der Waals surface area contributed by atoms with Gasteiger partial charge in [0.25, 0.3) is 0 Å². The van der Waals surface area contributed by atoms with E-state index in [9.17, 15) is 4.79 Å². The van der Waals surface area contributed by atoms with Crippen molar-refractivity contribution in [2.45, 2.75) is 32.1 Å². The predicted molar refractivity (Wildman–Crippen MR) is 102 cm³/mol. The number of aromatic nitrogens is 2. The Hall–Kier alpha value is -2.43. The van der Waals surface area contributed by atoms with E-state index in [-0.39, 0.29) is 11.3 Å². The number of benzene rings is 1. The largest absolute Gasteiger partial charge is 0.355 e. The number of rotatable bonds is 3. The van der Waals surface area contributed by atoms with Crippen LogP contribution in [0, 0.1) is 5.41 Å². The van der Waals surface area contributed by atoms with E-state index in [4.69, 9.17) is 0 Å². The van der Waals surface area contributed by atoms with Crippen LogP contribution in [0.25, 0.3) is 0 Å². The van der Waals surface area contributed by atoms with Gasteiger partial charge in [0.05, 0.1) is 12.1 Å². The van der Waals surface area contributed by atoms with Gasteiger partial charge in [0, 0.05) is 38.6 Å². The van der Waals surface area contributed by atoms with Crippen molar-refractivity contribution in [1.82, 2.24) is 14.9 Å². The smallest absolute Gasteiger partial charge is 0.230 e. The molecular weight excluding hydrogens is 324 g/mol. The van der Waals surface area contributed by atoms with Crippen LogP contribution < -0.4 is 4.90 Å². The zero-order valence-electron chi connectivity index (χ0n) is 15.3. The van der Waals surface area contributed by atoms with Gasteiger partial charge in [-0.1, -0.05) is 30.3 Å². The highest BCUT2D eigenvalue weighted by molar-refractivity contribution is 5.84. The summed E-state index contributed by atoms with van der Waals surface area (Å²) >= 11 is 0. The van der Waals surface area contributed by atoms with Gasteiger partial charge < -0.3 is 9.80 Å². The summed E-state index contributed by atoms with van der Waals surface area (Å²) in [5.74, 6) is 1.25. The fourth-order valence-electron chi connectivity index (χ4n) is 4.53. The molecule has 1 aromatic heterocycles. The van der Waals surface area contributed by atoms with Crippen LogP contribution in [0.2, 0.25) is 0 Å². The fraction of sp³-hybridized carbons (Fsp3) is 0.476. The lowest BCUT2D eigenvalue weighted by Gasteiger charge is -2.50. The minimum Gasteiger partial charge on any atom is -0.355 e. The standard InChI is InChI=1S/C21H26N4O/c1-2-24-16-21(14-18(20(24)26)17-6-4-3-5-7-17)8-12-25(13-9-21)19-15-22-10-11-23-19/h3-7,10-11,15,18H,2,8-9,12-14,16H2,1H3. The first kappa shape index (κ1) is 17.0. The number of anilines is 1. The number of nitrogens with zero attached hydrogens (tertiary/aromatic N) is 4. The maximum absolute atomic E-state index is 13.0. The van der Waals surface area contributed by atoms with Crippen LogP contribution >= 0.6 is 0 Å². The molecule has 0 bridgehead atoms. The van der Waals surface area contributed by atoms with Crippen LogP contribution in [0.3, 0.4) is 0 Å².